The van der Waals surface area contributed by atoms with Gasteiger partial charge in [0.25, 0.3) is 11.8 Å². The van der Waals surface area contributed by atoms with Crippen molar-refractivity contribution in [3.63, 3.8) is 0 Å². The van der Waals surface area contributed by atoms with Gasteiger partial charge in [0, 0.05) is 0 Å². The lowest BCUT2D eigenvalue weighted by atomic mass is 10.1. The van der Waals surface area contributed by atoms with E-state index >= 15 is 0 Å². The Labute approximate surface area is 199 Å². The van der Waals surface area contributed by atoms with E-state index in [1.165, 1.54) is 10.6 Å². The van der Waals surface area contributed by atoms with Gasteiger partial charge in [-0.1, -0.05) is 48.0 Å². The summed E-state index contributed by atoms with van der Waals surface area (Å²) in [6.45, 7) is 2.44. The van der Waals surface area contributed by atoms with Crippen LogP contribution in [0.25, 0.3) is 6.08 Å². The van der Waals surface area contributed by atoms with Crippen LogP contribution in [0, 0.1) is 10.5 Å². The number of methoxy groups -OCH3 is 1. The highest BCUT2D eigenvalue weighted by molar-refractivity contribution is 14.1. The number of carbonyl (C=O) groups is 2. The molecule has 1 aliphatic rings. The number of aryl methyl sites for hydroxylation is 1. The zero-order chi connectivity index (χ0) is 22.7. The Hall–Kier alpha value is -3.33. The Bertz CT molecular complexity index is 1190. The van der Waals surface area contributed by atoms with E-state index < -0.39 is 11.8 Å². The summed E-state index contributed by atoms with van der Waals surface area (Å²) in [4.78, 5) is 25.3. The first-order valence-corrected chi connectivity index (χ1v) is 11.0. The van der Waals surface area contributed by atoms with Crippen LogP contribution in [0.1, 0.15) is 16.7 Å². The van der Waals surface area contributed by atoms with Crippen molar-refractivity contribution in [2.24, 2.45) is 0 Å². The van der Waals surface area contributed by atoms with Gasteiger partial charge >= 0.3 is 0 Å². The monoisotopic (exact) mass is 540 g/mol. The van der Waals surface area contributed by atoms with E-state index in [0.29, 0.717) is 29.4 Å². The molecule has 2 amide bonds. The van der Waals surface area contributed by atoms with Crippen LogP contribution >= 0.6 is 22.6 Å². The Kier molecular flexibility index (Phi) is 6.45. The maximum absolute atomic E-state index is 12.8. The highest BCUT2D eigenvalue weighted by Crippen LogP contribution is 2.35. The molecular weight excluding hydrogens is 519 g/mol. The lowest BCUT2D eigenvalue weighted by Crippen LogP contribution is -2.35. The zero-order valence-corrected chi connectivity index (χ0v) is 19.8. The number of hydrogen-bond donors (Lipinski definition) is 1. The smallest absolute Gasteiger partial charge is 0.282 e. The highest BCUT2D eigenvalue weighted by Gasteiger charge is 2.34. The van der Waals surface area contributed by atoms with Gasteiger partial charge in [0.15, 0.2) is 11.5 Å². The molecule has 1 fully saturated rings. The molecule has 32 heavy (non-hydrogen) atoms. The van der Waals surface area contributed by atoms with Crippen LogP contribution in [0.15, 0.2) is 72.3 Å². The van der Waals surface area contributed by atoms with Gasteiger partial charge in [0.05, 0.1) is 16.4 Å². The fourth-order valence-electron chi connectivity index (χ4n) is 3.29. The summed E-state index contributed by atoms with van der Waals surface area (Å²) in [6, 6.07) is 20.7. The molecule has 6 nitrogen and oxygen atoms in total. The standard InChI is InChI=1S/C25H21IN2O4/c1-16-8-10-17(11-9-16)15-32-23-21(26)13-18(14-22(23)31-2)12-20-24(29)27-28(25(20)30)19-6-4-3-5-7-19/h3-14H,15H2,1-2H3,(H,27,29)/b20-12+. The second kappa shape index (κ2) is 9.44. The minimum absolute atomic E-state index is 0.0556. The number of amides is 2. The molecule has 1 heterocycles. The van der Waals surface area contributed by atoms with E-state index in [9.17, 15) is 9.59 Å². The van der Waals surface area contributed by atoms with Crippen molar-refractivity contribution < 1.29 is 19.1 Å². The number of hydrogen-bond acceptors (Lipinski definition) is 4. The molecule has 0 unspecified atom stereocenters. The van der Waals surface area contributed by atoms with Crippen molar-refractivity contribution in [1.82, 2.24) is 5.43 Å². The topological polar surface area (TPSA) is 67.9 Å². The SMILES string of the molecule is COc1cc(/C=C2\C(=O)NN(c3ccccc3)C2=O)cc(I)c1OCc1ccc(C)cc1. The van der Waals surface area contributed by atoms with Crippen molar-refractivity contribution in [3.05, 3.63) is 92.6 Å². The molecule has 0 radical (unpaired) electrons. The maximum atomic E-state index is 12.8. The molecule has 1 aliphatic heterocycles. The quantitative estimate of drug-likeness (QED) is 0.281. The summed E-state index contributed by atoms with van der Waals surface area (Å²) in [5.74, 6) is 0.285. The molecule has 3 aromatic carbocycles. The molecular formula is C25H21IN2O4. The summed E-state index contributed by atoms with van der Waals surface area (Å²) in [5, 5.41) is 1.25. The summed E-state index contributed by atoms with van der Waals surface area (Å²) >= 11 is 2.16. The normalized spacial score (nSPS) is 14.6. The zero-order valence-electron chi connectivity index (χ0n) is 17.6. The molecule has 1 saturated heterocycles. The van der Waals surface area contributed by atoms with E-state index in [4.69, 9.17) is 9.47 Å². The van der Waals surface area contributed by atoms with Crippen LogP contribution < -0.4 is 19.9 Å². The third-order valence-corrected chi connectivity index (χ3v) is 5.77. The van der Waals surface area contributed by atoms with Crippen molar-refractivity contribution in [2.75, 3.05) is 12.1 Å². The van der Waals surface area contributed by atoms with Gasteiger partial charge in [0.1, 0.15) is 12.2 Å². The lowest BCUT2D eigenvalue weighted by Gasteiger charge is -2.14. The number of benzene rings is 3. The third-order valence-electron chi connectivity index (χ3n) is 4.97. The molecule has 3 aromatic rings. The molecule has 4 rings (SSSR count). The number of hydrazine groups is 1. The number of rotatable bonds is 6. The number of nitrogens with zero attached hydrogens (tertiary/aromatic N) is 1. The van der Waals surface area contributed by atoms with Crippen LogP contribution in [-0.2, 0) is 16.2 Å². The van der Waals surface area contributed by atoms with Crippen LogP contribution in [0.5, 0.6) is 11.5 Å². The Morgan fingerprint density at radius 1 is 1.03 bits per heavy atom. The second-order valence-electron chi connectivity index (χ2n) is 7.28. The predicted octanol–water partition coefficient (Wildman–Crippen LogP) is 4.65. The highest BCUT2D eigenvalue weighted by atomic mass is 127. The summed E-state index contributed by atoms with van der Waals surface area (Å²) in [7, 11) is 1.56. The van der Waals surface area contributed by atoms with Crippen LogP contribution in [-0.4, -0.2) is 18.9 Å². The fraction of sp³-hybridized carbons (Fsp3) is 0.120. The van der Waals surface area contributed by atoms with Gasteiger partial charge in [-0.2, -0.15) is 0 Å². The largest absolute Gasteiger partial charge is 0.493 e. The first kappa shape index (κ1) is 21.9. The number of anilines is 1. The van der Waals surface area contributed by atoms with Gasteiger partial charge in [-0.25, -0.2) is 5.01 Å². The molecule has 7 heteroatoms. The summed E-state index contributed by atoms with van der Waals surface area (Å²) in [5.41, 5.74) is 6.17. The molecule has 0 atom stereocenters. The van der Waals surface area contributed by atoms with E-state index in [1.807, 2.05) is 43.3 Å². The van der Waals surface area contributed by atoms with Gasteiger partial charge in [-0.15, -0.1) is 0 Å². The second-order valence-corrected chi connectivity index (χ2v) is 8.45. The van der Waals surface area contributed by atoms with E-state index in [-0.39, 0.29) is 5.57 Å². The molecule has 0 aliphatic carbocycles. The fourth-order valence-corrected chi connectivity index (χ4v) is 4.07. The molecule has 0 spiro atoms. The minimum atomic E-state index is -0.451. The number of para-hydroxylation sites is 1. The van der Waals surface area contributed by atoms with Crippen molar-refractivity contribution in [2.45, 2.75) is 13.5 Å². The van der Waals surface area contributed by atoms with Gasteiger partial charge < -0.3 is 9.47 Å². The number of nitrogens with one attached hydrogen (secondary N) is 1. The summed E-state index contributed by atoms with van der Waals surface area (Å²) < 4.78 is 12.4. The van der Waals surface area contributed by atoms with E-state index in [0.717, 1.165) is 9.13 Å². The number of carbonyl (C=O) groups excluding carboxylic acids is 2. The first-order valence-electron chi connectivity index (χ1n) is 9.94. The van der Waals surface area contributed by atoms with Gasteiger partial charge in [0.2, 0.25) is 0 Å². The minimum Gasteiger partial charge on any atom is -0.493 e. The Morgan fingerprint density at radius 3 is 2.44 bits per heavy atom. The maximum Gasteiger partial charge on any atom is 0.282 e. The van der Waals surface area contributed by atoms with Crippen molar-refractivity contribution in [3.8, 4) is 11.5 Å². The van der Waals surface area contributed by atoms with Gasteiger partial charge in [-0.3, -0.25) is 15.0 Å². The summed E-state index contributed by atoms with van der Waals surface area (Å²) in [6.07, 6.45) is 1.56. The molecule has 0 aromatic heterocycles. The molecule has 0 bridgehead atoms. The van der Waals surface area contributed by atoms with E-state index in [1.54, 1.807) is 43.5 Å². The Balaban J connectivity index is 1.58. The predicted molar refractivity (Wildman–Crippen MR) is 131 cm³/mol. The number of halogens is 1. The Morgan fingerprint density at radius 2 is 1.75 bits per heavy atom. The van der Waals surface area contributed by atoms with E-state index in [2.05, 4.69) is 28.0 Å². The van der Waals surface area contributed by atoms with Crippen molar-refractivity contribution in [1.29, 1.82) is 0 Å². The molecule has 162 valence electrons. The third kappa shape index (κ3) is 4.62. The van der Waals surface area contributed by atoms with Crippen molar-refractivity contribution >= 4 is 46.2 Å². The average molecular weight is 540 g/mol. The van der Waals surface area contributed by atoms with Crippen LogP contribution in [0.2, 0.25) is 0 Å². The number of ether oxygens (including phenoxy) is 2. The molecule has 0 saturated carbocycles. The first-order chi connectivity index (χ1) is 15.5. The molecule has 1 N–H and O–H groups in total. The lowest BCUT2D eigenvalue weighted by molar-refractivity contribution is -0.117. The van der Waals surface area contributed by atoms with Gasteiger partial charge in [-0.05, 0) is 71.0 Å². The van der Waals surface area contributed by atoms with Crippen LogP contribution in [0.4, 0.5) is 5.69 Å². The van der Waals surface area contributed by atoms with Crippen LogP contribution in [0.3, 0.4) is 0 Å². The average Bonchev–Trinajstić information content (AvgIpc) is 3.08.